The molecule has 2 unspecified atom stereocenters. The topological polar surface area (TPSA) is 53.4 Å². The highest BCUT2D eigenvalue weighted by molar-refractivity contribution is 7.09. The van der Waals surface area contributed by atoms with E-state index in [1.807, 2.05) is 5.38 Å². The van der Waals surface area contributed by atoms with E-state index in [-0.39, 0.29) is 11.9 Å². The Morgan fingerprint density at radius 3 is 2.95 bits per heavy atom. The summed E-state index contributed by atoms with van der Waals surface area (Å²) in [5.41, 5.74) is 0.815. The lowest BCUT2D eigenvalue weighted by Gasteiger charge is -2.35. The van der Waals surface area contributed by atoms with E-state index >= 15 is 0 Å². The van der Waals surface area contributed by atoms with Crippen molar-refractivity contribution < 1.29 is 9.90 Å². The molecular formula is C13H19ClN2O2S. The Hall–Kier alpha value is -0.650. The van der Waals surface area contributed by atoms with Crippen molar-refractivity contribution in [2.45, 2.75) is 50.1 Å². The van der Waals surface area contributed by atoms with Gasteiger partial charge in [-0.2, -0.15) is 0 Å². The molecule has 0 aromatic carbocycles. The quantitative estimate of drug-likeness (QED) is 0.868. The average Bonchev–Trinajstić information content (AvgIpc) is 2.86. The molecule has 1 fully saturated rings. The summed E-state index contributed by atoms with van der Waals surface area (Å²) < 4.78 is 0. The Kier molecular flexibility index (Phi) is 5.19. The van der Waals surface area contributed by atoms with Crippen LogP contribution in [-0.2, 0) is 17.1 Å². The number of carbonyl (C=O) groups is 1. The Morgan fingerprint density at radius 1 is 1.58 bits per heavy atom. The van der Waals surface area contributed by atoms with Crippen molar-refractivity contribution >= 4 is 28.8 Å². The number of aliphatic hydroxyl groups excluding tert-OH is 1. The van der Waals surface area contributed by atoms with Gasteiger partial charge in [0.25, 0.3) is 0 Å². The Labute approximate surface area is 122 Å². The molecule has 1 aliphatic rings. The average molecular weight is 303 g/mol. The number of halogens is 1. The highest BCUT2D eigenvalue weighted by Gasteiger charge is 2.29. The number of hydrogen-bond acceptors (Lipinski definition) is 4. The standard InChI is InChI=1S/C13H19ClN2O2S/c1-16(10-4-2-3-5-11(10)17)13(18)6-12-15-9(7-14)8-19-12/h8,10-11,17H,2-7H2,1H3. The van der Waals surface area contributed by atoms with Crippen LogP contribution < -0.4 is 0 Å². The molecule has 1 saturated carbocycles. The number of aromatic nitrogens is 1. The summed E-state index contributed by atoms with van der Waals surface area (Å²) in [6, 6.07) is -0.0475. The molecule has 1 aromatic rings. The fourth-order valence-electron chi connectivity index (χ4n) is 2.47. The molecule has 0 saturated heterocycles. The van der Waals surface area contributed by atoms with Gasteiger partial charge in [0.2, 0.25) is 5.91 Å². The number of rotatable bonds is 4. The number of aliphatic hydroxyl groups is 1. The van der Waals surface area contributed by atoms with Crippen LogP contribution >= 0.6 is 22.9 Å². The summed E-state index contributed by atoms with van der Waals surface area (Å²) in [7, 11) is 1.78. The maximum absolute atomic E-state index is 12.2. The molecule has 1 aromatic heterocycles. The smallest absolute Gasteiger partial charge is 0.229 e. The zero-order valence-electron chi connectivity index (χ0n) is 11.0. The molecule has 0 aliphatic heterocycles. The van der Waals surface area contributed by atoms with Crippen LogP contribution in [0.4, 0.5) is 0 Å². The van der Waals surface area contributed by atoms with Crippen molar-refractivity contribution in [2.24, 2.45) is 0 Å². The van der Waals surface area contributed by atoms with Gasteiger partial charge >= 0.3 is 0 Å². The van der Waals surface area contributed by atoms with Crippen molar-refractivity contribution in [1.29, 1.82) is 0 Å². The summed E-state index contributed by atoms with van der Waals surface area (Å²) >= 11 is 7.16. The lowest BCUT2D eigenvalue weighted by molar-refractivity contribution is -0.134. The molecule has 2 atom stereocenters. The zero-order valence-corrected chi connectivity index (χ0v) is 12.6. The fourth-order valence-corrected chi connectivity index (χ4v) is 3.49. The van der Waals surface area contributed by atoms with Crippen LogP contribution in [0.15, 0.2) is 5.38 Å². The number of hydrogen-bond donors (Lipinski definition) is 1. The van der Waals surface area contributed by atoms with Gasteiger partial charge in [-0.15, -0.1) is 22.9 Å². The number of alkyl halides is 1. The third kappa shape index (κ3) is 3.68. The molecule has 2 rings (SSSR count). The Morgan fingerprint density at radius 2 is 2.32 bits per heavy atom. The molecule has 0 radical (unpaired) electrons. The third-order valence-electron chi connectivity index (χ3n) is 3.62. The van der Waals surface area contributed by atoms with Crippen LogP contribution in [-0.4, -0.2) is 40.1 Å². The molecule has 0 bridgehead atoms. The molecule has 1 amide bonds. The molecule has 1 N–H and O–H groups in total. The van der Waals surface area contributed by atoms with E-state index in [1.165, 1.54) is 11.3 Å². The van der Waals surface area contributed by atoms with Gasteiger partial charge in [0.15, 0.2) is 0 Å². The number of amides is 1. The summed E-state index contributed by atoms with van der Waals surface area (Å²) in [4.78, 5) is 18.2. The van der Waals surface area contributed by atoms with E-state index in [1.54, 1.807) is 11.9 Å². The molecular weight excluding hydrogens is 284 g/mol. The minimum absolute atomic E-state index is 0.0152. The minimum Gasteiger partial charge on any atom is -0.391 e. The van der Waals surface area contributed by atoms with Gasteiger partial charge in [-0.1, -0.05) is 12.8 Å². The second-order valence-corrected chi connectivity index (χ2v) is 6.18. The predicted octanol–water partition coefficient (Wildman–Crippen LogP) is 2.19. The molecule has 0 spiro atoms. The van der Waals surface area contributed by atoms with E-state index < -0.39 is 6.10 Å². The molecule has 1 aliphatic carbocycles. The normalized spacial score (nSPS) is 23.3. The highest BCUT2D eigenvalue weighted by atomic mass is 35.5. The predicted molar refractivity (Wildman–Crippen MR) is 76.4 cm³/mol. The maximum Gasteiger partial charge on any atom is 0.229 e. The number of thiazole rings is 1. The van der Waals surface area contributed by atoms with Crippen LogP contribution in [0, 0.1) is 0 Å². The lowest BCUT2D eigenvalue weighted by atomic mass is 9.91. The monoisotopic (exact) mass is 302 g/mol. The minimum atomic E-state index is -0.391. The molecule has 19 heavy (non-hydrogen) atoms. The number of carbonyl (C=O) groups excluding carboxylic acids is 1. The number of likely N-dealkylation sites (N-methyl/N-ethyl adjacent to an activating group) is 1. The van der Waals surface area contributed by atoms with Gasteiger partial charge in [-0.25, -0.2) is 4.98 Å². The summed E-state index contributed by atoms with van der Waals surface area (Å²) in [5, 5.41) is 12.6. The van der Waals surface area contributed by atoms with Gasteiger partial charge < -0.3 is 10.0 Å². The van der Waals surface area contributed by atoms with Crippen molar-refractivity contribution in [1.82, 2.24) is 9.88 Å². The van der Waals surface area contributed by atoms with Crippen LogP contribution in [0.1, 0.15) is 36.4 Å². The zero-order chi connectivity index (χ0) is 13.8. The van der Waals surface area contributed by atoms with Gasteiger partial charge in [-0.05, 0) is 12.8 Å². The van der Waals surface area contributed by atoms with Crippen molar-refractivity contribution in [3.8, 4) is 0 Å². The van der Waals surface area contributed by atoms with E-state index in [0.29, 0.717) is 12.3 Å². The Bertz CT molecular complexity index is 438. The Balaban J connectivity index is 1.94. The van der Waals surface area contributed by atoms with E-state index in [2.05, 4.69) is 4.98 Å². The van der Waals surface area contributed by atoms with Crippen molar-refractivity contribution in [3.05, 3.63) is 16.1 Å². The second kappa shape index (κ2) is 6.68. The summed E-state index contributed by atoms with van der Waals surface area (Å²) in [6.45, 7) is 0. The molecule has 4 nitrogen and oxygen atoms in total. The van der Waals surface area contributed by atoms with Crippen LogP contribution in [0.5, 0.6) is 0 Å². The van der Waals surface area contributed by atoms with E-state index in [4.69, 9.17) is 11.6 Å². The summed E-state index contributed by atoms with van der Waals surface area (Å²) in [5.74, 6) is 0.392. The van der Waals surface area contributed by atoms with Gasteiger partial charge in [0.05, 0.1) is 30.1 Å². The second-order valence-electron chi connectivity index (χ2n) is 4.97. The first-order valence-electron chi connectivity index (χ1n) is 6.54. The van der Waals surface area contributed by atoms with Crippen LogP contribution in [0.25, 0.3) is 0 Å². The van der Waals surface area contributed by atoms with Crippen molar-refractivity contribution in [2.75, 3.05) is 7.05 Å². The molecule has 6 heteroatoms. The fraction of sp³-hybridized carbons (Fsp3) is 0.692. The molecule has 106 valence electrons. The largest absolute Gasteiger partial charge is 0.391 e. The van der Waals surface area contributed by atoms with Crippen molar-refractivity contribution in [3.63, 3.8) is 0 Å². The third-order valence-corrected chi connectivity index (χ3v) is 4.79. The highest BCUT2D eigenvalue weighted by Crippen LogP contribution is 2.23. The first-order chi connectivity index (χ1) is 9.11. The first kappa shape index (κ1) is 14.8. The van der Waals surface area contributed by atoms with E-state index in [0.717, 1.165) is 36.4 Å². The van der Waals surface area contributed by atoms with Gasteiger partial charge in [0.1, 0.15) is 5.01 Å². The van der Waals surface area contributed by atoms with Crippen LogP contribution in [0.3, 0.4) is 0 Å². The molecule has 1 heterocycles. The maximum atomic E-state index is 12.2. The van der Waals surface area contributed by atoms with Gasteiger partial charge in [-0.3, -0.25) is 4.79 Å². The van der Waals surface area contributed by atoms with E-state index in [9.17, 15) is 9.90 Å². The summed E-state index contributed by atoms with van der Waals surface area (Å²) in [6.07, 6.45) is 3.70. The SMILES string of the molecule is CN(C(=O)Cc1nc(CCl)cs1)C1CCCCC1O. The van der Waals surface area contributed by atoms with Gasteiger partial charge in [0, 0.05) is 12.4 Å². The lowest BCUT2D eigenvalue weighted by Crippen LogP contribution is -2.46. The first-order valence-corrected chi connectivity index (χ1v) is 7.96. The number of nitrogens with zero attached hydrogens (tertiary/aromatic N) is 2. The van der Waals surface area contributed by atoms with Crippen LogP contribution in [0.2, 0.25) is 0 Å².